The summed E-state index contributed by atoms with van der Waals surface area (Å²) >= 11 is 0. The first-order chi connectivity index (χ1) is 16.4. The molecular formula is C25H21N3O5S. The second-order valence-electron chi connectivity index (χ2n) is 7.85. The molecule has 0 bridgehead atoms. The molecular weight excluding hydrogens is 454 g/mol. The Hall–Kier alpha value is -4.11. The van der Waals surface area contributed by atoms with Gasteiger partial charge in [0.15, 0.2) is 11.5 Å². The predicted molar refractivity (Wildman–Crippen MR) is 127 cm³/mol. The van der Waals surface area contributed by atoms with Crippen molar-refractivity contribution in [2.75, 3.05) is 16.2 Å². The lowest BCUT2D eigenvalue weighted by molar-refractivity contribution is 0.101. The van der Waals surface area contributed by atoms with Gasteiger partial charge < -0.3 is 14.6 Å². The zero-order valence-electron chi connectivity index (χ0n) is 18.2. The van der Waals surface area contributed by atoms with Crippen molar-refractivity contribution in [1.82, 2.24) is 5.16 Å². The molecule has 8 nitrogen and oxygen atoms in total. The van der Waals surface area contributed by atoms with E-state index in [0.29, 0.717) is 22.9 Å². The van der Waals surface area contributed by atoms with Gasteiger partial charge >= 0.3 is 0 Å². The Morgan fingerprint density at radius 1 is 1.00 bits per heavy atom. The molecule has 0 spiro atoms. The van der Waals surface area contributed by atoms with Crippen LogP contribution in [0.5, 0.6) is 5.75 Å². The number of nitrogens with zero attached hydrogens (tertiary/aromatic N) is 2. The molecule has 1 aromatic heterocycles. The number of fused-ring (bicyclic) bond motifs is 1. The highest BCUT2D eigenvalue weighted by molar-refractivity contribution is 7.92. The average Bonchev–Trinajstić information content (AvgIpc) is 3.35. The van der Waals surface area contributed by atoms with Gasteiger partial charge in [0.2, 0.25) is 0 Å². The number of carbonyl (C=O) groups is 1. The van der Waals surface area contributed by atoms with Crippen molar-refractivity contribution < 1.29 is 22.5 Å². The lowest BCUT2D eigenvalue weighted by Gasteiger charge is -2.34. The quantitative estimate of drug-likeness (QED) is 0.454. The molecule has 172 valence electrons. The van der Waals surface area contributed by atoms with E-state index in [1.165, 1.54) is 16.4 Å². The molecule has 1 N–H and O–H groups in total. The fourth-order valence-electron chi connectivity index (χ4n) is 3.73. The van der Waals surface area contributed by atoms with Gasteiger partial charge in [0, 0.05) is 17.3 Å². The molecule has 1 amide bonds. The maximum absolute atomic E-state index is 13.3. The molecule has 1 aliphatic rings. The molecule has 0 aliphatic carbocycles. The predicted octanol–water partition coefficient (Wildman–Crippen LogP) is 4.57. The van der Waals surface area contributed by atoms with Gasteiger partial charge in [-0.3, -0.25) is 9.10 Å². The fraction of sp³-hybridized carbons (Fsp3) is 0.120. The summed E-state index contributed by atoms with van der Waals surface area (Å²) in [4.78, 5) is 12.7. The first-order valence-corrected chi connectivity index (χ1v) is 12.1. The van der Waals surface area contributed by atoms with Crippen LogP contribution in [0.4, 0.5) is 11.4 Å². The van der Waals surface area contributed by atoms with Crippen LogP contribution in [0.1, 0.15) is 17.4 Å². The number of rotatable bonds is 5. The molecule has 9 heteroatoms. The molecule has 0 saturated heterocycles. The van der Waals surface area contributed by atoms with E-state index in [0.717, 1.165) is 5.56 Å². The van der Waals surface area contributed by atoms with E-state index in [-0.39, 0.29) is 23.2 Å². The minimum atomic E-state index is -3.82. The molecule has 0 fully saturated rings. The largest absolute Gasteiger partial charge is 0.487 e. The van der Waals surface area contributed by atoms with Crippen molar-refractivity contribution in [1.29, 1.82) is 0 Å². The molecule has 0 radical (unpaired) electrons. The van der Waals surface area contributed by atoms with Gasteiger partial charge in [-0.25, -0.2) is 8.42 Å². The third kappa shape index (κ3) is 4.13. The summed E-state index contributed by atoms with van der Waals surface area (Å²) in [5, 5.41) is 6.55. The Morgan fingerprint density at radius 2 is 1.71 bits per heavy atom. The number of sulfonamides is 1. The van der Waals surface area contributed by atoms with E-state index in [4.69, 9.17) is 9.26 Å². The van der Waals surface area contributed by atoms with Crippen LogP contribution in [0, 0.1) is 0 Å². The standard InChI is InChI=1S/C25H21N3O5S/c1-17-16-28(22-9-5-6-10-23(22)32-17)34(30,31)20-13-11-19(12-14-20)26-25(29)21-15-24(33-27-21)18-7-3-2-4-8-18/h2-15,17H,16H2,1H3,(H,26,29). The van der Waals surface area contributed by atoms with Crippen molar-refractivity contribution in [2.24, 2.45) is 0 Å². The van der Waals surface area contributed by atoms with E-state index in [1.807, 2.05) is 37.3 Å². The third-order valence-corrected chi connectivity index (χ3v) is 7.18. The fourth-order valence-corrected chi connectivity index (χ4v) is 5.28. The summed E-state index contributed by atoms with van der Waals surface area (Å²) in [6.07, 6.45) is -0.286. The zero-order valence-corrected chi connectivity index (χ0v) is 19.0. The number of anilines is 2. The second-order valence-corrected chi connectivity index (χ2v) is 9.72. The van der Waals surface area contributed by atoms with Crippen molar-refractivity contribution in [3.63, 3.8) is 0 Å². The number of nitrogens with one attached hydrogen (secondary N) is 1. The average molecular weight is 476 g/mol. The Morgan fingerprint density at radius 3 is 2.47 bits per heavy atom. The molecule has 0 saturated carbocycles. The van der Waals surface area contributed by atoms with E-state index in [2.05, 4.69) is 10.5 Å². The van der Waals surface area contributed by atoms with Gasteiger partial charge in [0.1, 0.15) is 11.9 Å². The Balaban J connectivity index is 1.33. The summed E-state index contributed by atoms with van der Waals surface area (Å²) < 4.78 is 39.1. The molecule has 5 rings (SSSR count). The van der Waals surface area contributed by atoms with Crippen LogP contribution < -0.4 is 14.4 Å². The molecule has 1 atom stereocenters. The Labute approximate surface area is 196 Å². The van der Waals surface area contributed by atoms with E-state index < -0.39 is 15.9 Å². The normalized spacial score (nSPS) is 15.3. The number of benzene rings is 3. The van der Waals surface area contributed by atoms with E-state index >= 15 is 0 Å². The lowest BCUT2D eigenvalue weighted by atomic mass is 10.1. The molecule has 2 heterocycles. The molecule has 4 aromatic rings. The van der Waals surface area contributed by atoms with Gasteiger partial charge in [-0.1, -0.05) is 47.6 Å². The number of hydrogen-bond donors (Lipinski definition) is 1. The topological polar surface area (TPSA) is 102 Å². The second kappa shape index (κ2) is 8.68. The number of ether oxygens (including phenoxy) is 1. The Kier molecular flexibility index (Phi) is 5.54. The monoisotopic (exact) mass is 475 g/mol. The van der Waals surface area contributed by atoms with Crippen molar-refractivity contribution in [3.05, 3.63) is 90.6 Å². The smallest absolute Gasteiger partial charge is 0.277 e. The van der Waals surface area contributed by atoms with Crippen LogP contribution in [0.3, 0.4) is 0 Å². The van der Waals surface area contributed by atoms with E-state index in [1.54, 1.807) is 42.5 Å². The highest BCUT2D eigenvalue weighted by atomic mass is 32.2. The summed E-state index contributed by atoms with van der Waals surface area (Å²) in [7, 11) is -3.82. The number of amides is 1. The minimum Gasteiger partial charge on any atom is -0.487 e. The summed E-state index contributed by atoms with van der Waals surface area (Å²) in [5.74, 6) is 0.542. The van der Waals surface area contributed by atoms with Crippen LogP contribution in [0.25, 0.3) is 11.3 Å². The summed E-state index contributed by atoms with van der Waals surface area (Å²) in [5.41, 5.74) is 1.86. The van der Waals surface area contributed by atoms with Crippen molar-refractivity contribution in [2.45, 2.75) is 17.9 Å². The summed E-state index contributed by atoms with van der Waals surface area (Å²) in [6.45, 7) is 2.03. The van der Waals surface area contributed by atoms with Crippen LogP contribution in [0.15, 0.2) is 94.3 Å². The maximum atomic E-state index is 13.3. The van der Waals surface area contributed by atoms with Crippen LogP contribution in [-0.4, -0.2) is 32.1 Å². The van der Waals surface area contributed by atoms with Gasteiger partial charge in [0.25, 0.3) is 15.9 Å². The lowest BCUT2D eigenvalue weighted by Crippen LogP contribution is -2.42. The van der Waals surface area contributed by atoms with Gasteiger partial charge in [-0.15, -0.1) is 0 Å². The Bertz CT molecular complexity index is 1430. The van der Waals surface area contributed by atoms with Gasteiger partial charge in [-0.2, -0.15) is 0 Å². The SMILES string of the molecule is CC1CN(S(=O)(=O)c2ccc(NC(=O)c3cc(-c4ccccc4)on3)cc2)c2ccccc2O1. The number of para-hydroxylation sites is 2. The highest BCUT2D eigenvalue weighted by Gasteiger charge is 2.32. The first-order valence-electron chi connectivity index (χ1n) is 10.6. The first kappa shape index (κ1) is 21.7. The van der Waals surface area contributed by atoms with Crippen LogP contribution >= 0.6 is 0 Å². The molecule has 3 aromatic carbocycles. The molecule has 1 aliphatic heterocycles. The molecule has 34 heavy (non-hydrogen) atoms. The zero-order chi connectivity index (χ0) is 23.7. The molecule has 1 unspecified atom stereocenters. The summed E-state index contributed by atoms with van der Waals surface area (Å²) in [6, 6.07) is 23.9. The maximum Gasteiger partial charge on any atom is 0.277 e. The van der Waals surface area contributed by atoms with Crippen LogP contribution in [-0.2, 0) is 10.0 Å². The van der Waals surface area contributed by atoms with Crippen molar-refractivity contribution in [3.8, 4) is 17.1 Å². The number of hydrogen-bond acceptors (Lipinski definition) is 6. The van der Waals surface area contributed by atoms with Crippen molar-refractivity contribution >= 4 is 27.3 Å². The number of aromatic nitrogens is 1. The highest BCUT2D eigenvalue weighted by Crippen LogP contribution is 2.36. The number of carbonyl (C=O) groups excluding carboxylic acids is 1. The van der Waals surface area contributed by atoms with Gasteiger partial charge in [-0.05, 0) is 43.3 Å². The van der Waals surface area contributed by atoms with Crippen LogP contribution in [0.2, 0.25) is 0 Å². The van der Waals surface area contributed by atoms with E-state index in [9.17, 15) is 13.2 Å². The minimum absolute atomic E-state index is 0.113. The van der Waals surface area contributed by atoms with Gasteiger partial charge in [0.05, 0.1) is 17.1 Å². The third-order valence-electron chi connectivity index (χ3n) is 5.39.